The van der Waals surface area contributed by atoms with Crippen LogP contribution < -0.4 is 0 Å². The van der Waals surface area contributed by atoms with E-state index in [1.807, 2.05) is 4.90 Å². The zero-order chi connectivity index (χ0) is 21.6. The lowest BCUT2D eigenvalue weighted by Crippen LogP contribution is -2.47. The van der Waals surface area contributed by atoms with Crippen molar-refractivity contribution in [2.45, 2.75) is 57.4 Å². The average molecular weight is 422 g/mol. The highest BCUT2D eigenvalue weighted by atomic mass is 16.2. The Labute approximate surface area is 186 Å². The summed E-state index contributed by atoms with van der Waals surface area (Å²) in [5.41, 5.74) is 2.68. The Morgan fingerprint density at radius 1 is 0.968 bits per heavy atom. The van der Waals surface area contributed by atoms with Crippen LogP contribution in [-0.2, 0) is 16.0 Å². The van der Waals surface area contributed by atoms with E-state index in [1.165, 1.54) is 24.0 Å². The topological polar surface area (TPSA) is 43.9 Å². The molecule has 0 aromatic heterocycles. The third-order valence-corrected chi connectivity index (χ3v) is 7.29. The van der Waals surface area contributed by atoms with Crippen molar-refractivity contribution in [3.8, 4) is 12.3 Å². The predicted octanol–water partition coefficient (Wildman–Crippen LogP) is 3.25. The predicted molar refractivity (Wildman–Crippen MR) is 122 cm³/mol. The molecule has 1 aliphatic carbocycles. The van der Waals surface area contributed by atoms with E-state index in [0.29, 0.717) is 32.1 Å². The highest BCUT2D eigenvalue weighted by Crippen LogP contribution is 2.35. The smallest absolute Gasteiger partial charge is 0.236 e. The molecule has 5 heteroatoms. The number of hydrogen-bond acceptors (Lipinski definition) is 3. The van der Waals surface area contributed by atoms with Crippen LogP contribution in [0.5, 0.6) is 0 Å². The number of likely N-dealkylation sites (tertiary alicyclic amines) is 2. The van der Waals surface area contributed by atoms with Gasteiger partial charge >= 0.3 is 0 Å². The highest BCUT2D eigenvalue weighted by molar-refractivity contribution is 5.81. The maximum atomic E-state index is 13.1. The Balaban J connectivity index is 1.32. The van der Waals surface area contributed by atoms with Gasteiger partial charge < -0.3 is 9.80 Å². The first-order valence-electron chi connectivity index (χ1n) is 12.0. The quantitative estimate of drug-likeness (QED) is 0.686. The van der Waals surface area contributed by atoms with Gasteiger partial charge in [0, 0.05) is 38.1 Å². The number of carbonyl (C=O) groups excluding carboxylic acids is 2. The summed E-state index contributed by atoms with van der Waals surface area (Å²) in [5, 5.41) is 0. The van der Waals surface area contributed by atoms with Gasteiger partial charge in [-0.1, -0.05) is 43.0 Å². The minimum Gasteiger partial charge on any atom is -0.342 e. The summed E-state index contributed by atoms with van der Waals surface area (Å²) in [6, 6.07) is 8.71. The van der Waals surface area contributed by atoms with Crippen molar-refractivity contribution in [3.05, 3.63) is 35.4 Å². The second-order valence-electron chi connectivity index (χ2n) is 9.26. The molecule has 1 aromatic rings. The van der Waals surface area contributed by atoms with E-state index in [4.69, 9.17) is 6.42 Å². The van der Waals surface area contributed by atoms with Crippen molar-refractivity contribution in [1.82, 2.24) is 14.7 Å². The van der Waals surface area contributed by atoms with Crippen LogP contribution in [0.25, 0.3) is 0 Å². The highest BCUT2D eigenvalue weighted by Gasteiger charge is 2.33. The van der Waals surface area contributed by atoms with Crippen molar-refractivity contribution in [1.29, 1.82) is 0 Å². The normalized spacial score (nSPS) is 22.1. The lowest BCUT2D eigenvalue weighted by Gasteiger charge is -2.36. The van der Waals surface area contributed by atoms with Crippen LogP contribution in [0.2, 0.25) is 0 Å². The Kier molecular flexibility index (Phi) is 7.29. The second kappa shape index (κ2) is 10.3. The molecule has 2 saturated heterocycles. The molecule has 4 rings (SSSR count). The average Bonchev–Trinajstić information content (AvgIpc) is 3.04. The SMILES string of the molecule is C#CCN(CC(=O)N1CCC(C(=O)N2CCCCCC2)CC1)C1CCc2ccccc21. The molecule has 1 aromatic carbocycles. The molecule has 0 N–H and O–H groups in total. The Morgan fingerprint density at radius 3 is 2.39 bits per heavy atom. The van der Waals surface area contributed by atoms with Crippen molar-refractivity contribution >= 4 is 11.8 Å². The van der Waals surface area contributed by atoms with Crippen molar-refractivity contribution in [2.24, 2.45) is 5.92 Å². The minimum atomic E-state index is 0.0747. The summed E-state index contributed by atoms with van der Waals surface area (Å²) >= 11 is 0. The van der Waals surface area contributed by atoms with Gasteiger partial charge in [0.1, 0.15) is 0 Å². The first kappa shape index (κ1) is 21.9. The van der Waals surface area contributed by atoms with Gasteiger partial charge in [-0.05, 0) is 49.7 Å². The van der Waals surface area contributed by atoms with Crippen LogP contribution in [-0.4, -0.2) is 65.8 Å². The van der Waals surface area contributed by atoms with Crippen LogP contribution in [0.3, 0.4) is 0 Å². The molecular formula is C26H35N3O2. The fraction of sp³-hybridized carbons (Fsp3) is 0.615. The standard InChI is InChI=1S/C26H35N3O2/c1-2-15-29(24-12-11-21-9-5-6-10-23(21)24)20-25(30)27-18-13-22(14-19-27)26(31)28-16-7-3-4-8-17-28/h1,5-6,9-10,22,24H,3-4,7-8,11-20H2. The molecule has 0 saturated carbocycles. The number of nitrogens with zero attached hydrogens (tertiary/aromatic N) is 3. The maximum Gasteiger partial charge on any atom is 0.236 e. The Bertz CT molecular complexity index is 814. The number of hydrogen-bond donors (Lipinski definition) is 0. The monoisotopic (exact) mass is 421 g/mol. The molecule has 0 radical (unpaired) electrons. The molecule has 1 unspecified atom stereocenters. The first-order chi connectivity index (χ1) is 15.2. The summed E-state index contributed by atoms with van der Waals surface area (Å²) in [7, 11) is 0. The van der Waals surface area contributed by atoms with Gasteiger partial charge in [0.05, 0.1) is 13.1 Å². The molecule has 2 amide bonds. The number of carbonyl (C=O) groups is 2. The van der Waals surface area contributed by atoms with Gasteiger partial charge in [-0.2, -0.15) is 0 Å². The molecule has 2 fully saturated rings. The molecule has 31 heavy (non-hydrogen) atoms. The van der Waals surface area contributed by atoms with E-state index < -0.39 is 0 Å². The number of fused-ring (bicyclic) bond motifs is 1. The molecule has 2 heterocycles. The van der Waals surface area contributed by atoms with Gasteiger partial charge in [0.2, 0.25) is 11.8 Å². The number of benzene rings is 1. The molecule has 1 atom stereocenters. The van der Waals surface area contributed by atoms with Gasteiger partial charge in [0.15, 0.2) is 0 Å². The van der Waals surface area contributed by atoms with E-state index >= 15 is 0 Å². The van der Waals surface area contributed by atoms with Crippen molar-refractivity contribution in [2.75, 3.05) is 39.3 Å². The molecule has 0 bridgehead atoms. The second-order valence-corrected chi connectivity index (χ2v) is 9.26. The molecule has 0 spiro atoms. The number of rotatable bonds is 5. The Hall–Kier alpha value is -2.32. The summed E-state index contributed by atoms with van der Waals surface area (Å²) in [5.74, 6) is 3.28. The van der Waals surface area contributed by atoms with Gasteiger partial charge in [0.25, 0.3) is 0 Å². The van der Waals surface area contributed by atoms with Crippen LogP contribution in [0, 0.1) is 18.3 Å². The lowest BCUT2D eigenvalue weighted by molar-refractivity contribution is -0.141. The summed E-state index contributed by atoms with van der Waals surface area (Å²) in [6.45, 7) is 3.99. The van der Waals surface area contributed by atoms with Crippen LogP contribution >= 0.6 is 0 Å². The molecule has 2 aliphatic heterocycles. The van der Waals surface area contributed by atoms with Gasteiger partial charge in [-0.15, -0.1) is 6.42 Å². The number of terminal acetylenes is 1. The third kappa shape index (κ3) is 5.13. The van der Waals surface area contributed by atoms with Crippen LogP contribution in [0.15, 0.2) is 24.3 Å². The Morgan fingerprint density at radius 2 is 1.68 bits per heavy atom. The molecule has 166 valence electrons. The molecule has 3 aliphatic rings. The number of aryl methyl sites for hydroxylation is 1. The van der Waals surface area contributed by atoms with E-state index in [2.05, 4.69) is 40.0 Å². The summed E-state index contributed by atoms with van der Waals surface area (Å²) in [6.07, 6.45) is 14.0. The van der Waals surface area contributed by atoms with Crippen LogP contribution in [0.4, 0.5) is 0 Å². The lowest BCUT2D eigenvalue weighted by atomic mass is 9.95. The first-order valence-corrected chi connectivity index (χ1v) is 12.0. The largest absolute Gasteiger partial charge is 0.342 e. The summed E-state index contributed by atoms with van der Waals surface area (Å²) < 4.78 is 0. The van der Waals surface area contributed by atoms with Crippen LogP contribution in [0.1, 0.15) is 62.1 Å². The van der Waals surface area contributed by atoms with Crippen molar-refractivity contribution in [3.63, 3.8) is 0 Å². The van der Waals surface area contributed by atoms with Gasteiger partial charge in [-0.25, -0.2) is 0 Å². The summed E-state index contributed by atoms with van der Waals surface area (Å²) in [4.78, 5) is 32.2. The van der Waals surface area contributed by atoms with Gasteiger partial charge in [-0.3, -0.25) is 14.5 Å². The fourth-order valence-corrected chi connectivity index (χ4v) is 5.51. The molecular weight excluding hydrogens is 386 g/mol. The molecule has 5 nitrogen and oxygen atoms in total. The minimum absolute atomic E-state index is 0.0747. The zero-order valence-corrected chi connectivity index (χ0v) is 18.6. The zero-order valence-electron chi connectivity index (χ0n) is 18.6. The third-order valence-electron chi connectivity index (χ3n) is 7.29. The van der Waals surface area contributed by atoms with E-state index in [1.54, 1.807) is 0 Å². The van der Waals surface area contributed by atoms with E-state index in [9.17, 15) is 9.59 Å². The fourth-order valence-electron chi connectivity index (χ4n) is 5.51. The number of piperidine rings is 1. The van der Waals surface area contributed by atoms with Crippen molar-refractivity contribution < 1.29 is 9.59 Å². The van der Waals surface area contributed by atoms with E-state index in [0.717, 1.165) is 51.6 Å². The maximum absolute atomic E-state index is 13.1. The number of amides is 2. The van der Waals surface area contributed by atoms with E-state index in [-0.39, 0.29) is 17.9 Å².